The van der Waals surface area contributed by atoms with Crippen molar-refractivity contribution in [2.24, 2.45) is 0 Å². The number of anilines is 4. The average Bonchev–Trinajstić information content (AvgIpc) is 3.48. The van der Waals surface area contributed by atoms with Crippen LogP contribution in [0.2, 0.25) is 0 Å². The Kier molecular flexibility index (Phi) is 5.15. The maximum Gasteiger partial charge on any atom is 0.186 e. The van der Waals surface area contributed by atoms with Crippen molar-refractivity contribution in [2.45, 2.75) is 19.0 Å². The highest BCUT2D eigenvalue weighted by Crippen LogP contribution is 2.33. The van der Waals surface area contributed by atoms with Gasteiger partial charge in [-0.15, -0.1) is 0 Å². The number of rotatable bonds is 8. The Hall–Kier alpha value is -2.54. The van der Waals surface area contributed by atoms with E-state index < -0.39 is 6.17 Å². The lowest BCUT2D eigenvalue weighted by Crippen LogP contribution is -2.45. The van der Waals surface area contributed by atoms with Gasteiger partial charge in [0.05, 0.1) is 22.6 Å². The molecule has 1 fully saturated rings. The minimum atomic E-state index is -0.462. The predicted molar refractivity (Wildman–Crippen MR) is 123 cm³/mol. The summed E-state index contributed by atoms with van der Waals surface area (Å²) in [7, 11) is 0. The zero-order valence-electron chi connectivity index (χ0n) is 16.3. The Morgan fingerprint density at radius 1 is 1.13 bits per heavy atom. The quantitative estimate of drug-likeness (QED) is 0.225. The molecule has 5 heterocycles. The molecule has 4 aromatic heterocycles. The van der Waals surface area contributed by atoms with E-state index >= 15 is 0 Å². The largest absolute Gasteiger partial charge is 0.395 e. The van der Waals surface area contributed by atoms with Gasteiger partial charge in [-0.05, 0) is 25.0 Å². The molecule has 30 heavy (non-hydrogen) atoms. The SMILES string of the molecule is Nc1nc2[nH]c(N(CCO)C(CO)Nc3nc4[nH]c(N5CCCC5)cc4s3)cc2s1. The van der Waals surface area contributed by atoms with E-state index in [2.05, 4.69) is 36.2 Å². The lowest BCUT2D eigenvalue weighted by molar-refractivity contribution is 0.255. The summed E-state index contributed by atoms with van der Waals surface area (Å²) in [5, 5.41) is 24.1. The van der Waals surface area contributed by atoms with Crippen molar-refractivity contribution in [3.63, 3.8) is 0 Å². The van der Waals surface area contributed by atoms with E-state index in [0.29, 0.717) is 22.5 Å². The summed E-state index contributed by atoms with van der Waals surface area (Å²) in [5.41, 5.74) is 7.29. The van der Waals surface area contributed by atoms with Crippen molar-refractivity contribution in [3.8, 4) is 0 Å². The van der Waals surface area contributed by atoms with Crippen LogP contribution in [0.4, 0.5) is 21.9 Å². The Morgan fingerprint density at radius 3 is 2.60 bits per heavy atom. The van der Waals surface area contributed by atoms with Crippen molar-refractivity contribution < 1.29 is 10.2 Å². The topological polar surface area (TPSA) is 142 Å². The number of thiazole rings is 2. The van der Waals surface area contributed by atoms with Gasteiger partial charge in [0.15, 0.2) is 21.6 Å². The number of nitrogens with one attached hydrogen (secondary N) is 3. The summed E-state index contributed by atoms with van der Waals surface area (Å²) in [5.74, 6) is 1.87. The lowest BCUT2D eigenvalue weighted by atomic mass is 10.4. The molecule has 0 saturated carbocycles. The van der Waals surface area contributed by atoms with Gasteiger partial charge in [0.25, 0.3) is 0 Å². The van der Waals surface area contributed by atoms with Crippen molar-refractivity contribution in [3.05, 3.63) is 12.1 Å². The first kappa shape index (κ1) is 19.4. The first-order valence-corrected chi connectivity index (χ1v) is 11.5. The second kappa shape index (κ2) is 7.95. The molecule has 1 aliphatic heterocycles. The number of hydrogen-bond donors (Lipinski definition) is 6. The molecular formula is C18H24N8O2S2. The molecule has 0 radical (unpaired) electrons. The number of aromatic nitrogens is 4. The number of hydrogen-bond acceptors (Lipinski definition) is 10. The van der Waals surface area contributed by atoms with E-state index in [9.17, 15) is 10.2 Å². The highest BCUT2D eigenvalue weighted by molar-refractivity contribution is 7.22. The van der Waals surface area contributed by atoms with Crippen LogP contribution in [0.3, 0.4) is 0 Å². The van der Waals surface area contributed by atoms with Crippen LogP contribution in [-0.4, -0.2) is 69.2 Å². The molecule has 0 aliphatic carbocycles. The van der Waals surface area contributed by atoms with Gasteiger partial charge in [-0.2, -0.15) is 0 Å². The second-order valence-corrected chi connectivity index (χ2v) is 9.35. The van der Waals surface area contributed by atoms with Gasteiger partial charge < -0.3 is 41.0 Å². The molecule has 5 rings (SSSR count). The van der Waals surface area contributed by atoms with Crippen LogP contribution in [0.25, 0.3) is 20.7 Å². The molecule has 10 nitrogen and oxygen atoms in total. The average molecular weight is 449 g/mol. The Labute approximate surface area is 180 Å². The molecule has 7 N–H and O–H groups in total. The maximum absolute atomic E-state index is 10.1. The second-order valence-electron chi connectivity index (χ2n) is 7.26. The minimum Gasteiger partial charge on any atom is -0.395 e. The van der Waals surface area contributed by atoms with Crippen molar-refractivity contribution in [1.29, 1.82) is 0 Å². The molecule has 1 saturated heterocycles. The molecule has 160 valence electrons. The highest BCUT2D eigenvalue weighted by atomic mass is 32.1. The summed E-state index contributed by atoms with van der Waals surface area (Å²) < 4.78 is 2.00. The van der Waals surface area contributed by atoms with E-state index in [4.69, 9.17) is 5.73 Å². The maximum atomic E-state index is 10.1. The predicted octanol–water partition coefficient (Wildman–Crippen LogP) is 1.97. The zero-order chi connectivity index (χ0) is 20.7. The van der Waals surface area contributed by atoms with Crippen LogP contribution in [-0.2, 0) is 0 Å². The van der Waals surface area contributed by atoms with Crippen LogP contribution in [0.5, 0.6) is 0 Å². The molecule has 0 spiro atoms. The van der Waals surface area contributed by atoms with Gasteiger partial charge in [-0.1, -0.05) is 22.7 Å². The lowest BCUT2D eigenvalue weighted by Gasteiger charge is -2.31. The fourth-order valence-corrected chi connectivity index (χ4v) is 5.51. The third kappa shape index (κ3) is 3.55. The van der Waals surface area contributed by atoms with E-state index in [1.165, 1.54) is 24.2 Å². The number of H-pyrrole nitrogens is 2. The van der Waals surface area contributed by atoms with Crippen LogP contribution >= 0.6 is 22.7 Å². The van der Waals surface area contributed by atoms with Gasteiger partial charge in [0, 0.05) is 19.6 Å². The Balaban J connectivity index is 1.37. The number of nitrogen functional groups attached to an aromatic ring is 1. The number of fused-ring (bicyclic) bond motifs is 2. The third-order valence-corrected chi connectivity index (χ3v) is 7.05. The number of aliphatic hydroxyl groups excluding tert-OH is 2. The minimum absolute atomic E-state index is 0.0573. The molecular weight excluding hydrogens is 424 g/mol. The standard InChI is InChI=1S/C18H24N8O2S2/c19-17-23-15-10(29-17)8-13(21-15)26(5-6-27)14(9-28)22-18-24-16-11(30-18)7-12(20-16)25-3-1-2-4-25/h7-8,14,20-21,27-28H,1-6,9H2,(H2,19,23)(H,22,24). The van der Waals surface area contributed by atoms with Crippen LogP contribution in [0, 0.1) is 0 Å². The van der Waals surface area contributed by atoms with E-state index in [-0.39, 0.29) is 13.2 Å². The molecule has 0 amide bonds. The summed E-state index contributed by atoms with van der Waals surface area (Å²) in [4.78, 5) is 19.8. The molecule has 1 atom stereocenters. The highest BCUT2D eigenvalue weighted by Gasteiger charge is 2.23. The normalized spacial score (nSPS) is 15.5. The molecule has 0 aromatic carbocycles. The smallest absolute Gasteiger partial charge is 0.186 e. The van der Waals surface area contributed by atoms with Gasteiger partial charge >= 0.3 is 0 Å². The number of nitrogens with two attached hydrogens (primary N) is 1. The van der Waals surface area contributed by atoms with Crippen molar-refractivity contribution in [1.82, 2.24) is 19.9 Å². The van der Waals surface area contributed by atoms with E-state index in [1.807, 2.05) is 11.0 Å². The molecule has 1 unspecified atom stereocenters. The van der Waals surface area contributed by atoms with Crippen LogP contribution in [0.15, 0.2) is 12.1 Å². The number of nitrogens with zero attached hydrogens (tertiary/aromatic N) is 4. The first-order chi connectivity index (χ1) is 14.6. The first-order valence-electron chi connectivity index (χ1n) is 9.89. The monoisotopic (exact) mass is 448 g/mol. The van der Waals surface area contributed by atoms with Crippen molar-refractivity contribution in [2.75, 3.05) is 53.7 Å². The fourth-order valence-electron chi connectivity index (χ4n) is 3.88. The molecule has 1 aliphatic rings. The summed E-state index contributed by atoms with van der Waals surface area (Å²) in [6.45, 7) is 2.28. The van der Waals surface area contributed by atoms with Gasteiger partial charge in [0.1, 0.15) is 17.8 Å². The van der Waals surface area contributed by atoms with Gasteiger partial charge in [-0.25, -0.2) is 9.97 Å². The van der Waals surface area contributed by atoms with Crippen molar-refractivity contribution >= 4 is 65.3 Å². The van der Waals surface area contributed by atoms with Crippen LogP contribution in [0.1, 0.15) is 12.8 Å². The van der Waals surface area contributed by atoms with E-state index in [0.717, 1.165) is 39.8 Å². The number of aromatic amines is 2. The van der Waals surface area contributed by atoms with E-state index in [1.54, 1.807) is 11.3 Å². The molecule has 12 heteroatoms. The molecule has 4 aromatic rings. The summed E-state index contributed by atoms with van der Waals surface area (Å²) >= 11 is 2.93. The zero-order valence-corrected chi connectivity index (χ0v) is 17.9. The summed E-state index contributed by atoms with van der Waals surface area (Å²) in [6, 6.07) is 4.07. The fraction of sp³-hybridized carbons (Fsp3) is 0.444. The third-order valence-electron chi connectivity index (χ3n) is 5.29. The molecule has 0 bridgehead atoms. The Morgan fingerprint density at radius 2 is 1.90 bits per heavy atom. The number of aliphatic hydroxyl groups is 2. The Bertz CT molecular complexity index is 1080. The van der Waals surface area contributed by atoms with Gasteiger partial charge in [-0.3, -0.25) is 0 Å². The summed E-state index contributed by atoms with van der Waals surface area (Å²) in [6.07, 6.45) is 1.99. The van der Waals surface area contributed by atoms with Crippen LogP contribution < -0.4 is 20.9 Å². The van der Waals surface area contributed by atoms with Gasteiger partial charge in [0.2, 0.25) is 0 Å².